The van der Waals surface area contributed by atoms with Gasteiger partial charge in [0, 0.05) is 51.2 Å². The van der Waals surface area contributed by atoms with Crippen LogP contribution in [0.1, 0.15) is 42.4 Å². The molecular formula is C31H40N6. The van der Waals surface area contributed by atoms with Crippen LogP contribution < -0.4 is 10.2 Å². The lowest BCUT2D eigenvalue weighted by Crippen LogP contribution is -2.44. The van der Waals surface area contributed by atoms with Crippen molar-refractivity contribution in [3.63, 3.8) is 0 Å². The van der Waals surface area contributed by atoms with Gasteiger partial charge in [-0.05, 0) is 69.0 Å². The maximum Gasteiger partial charge on any atom is 0.123 e. The number of hydrogen-bond acceptors (Lipinski definition) is 5. The Kier molecular flexibility index (Phi) is 8.49. The van der Waals surface area contributed by atoms with E-state index in [1.807, 2.05) is 12.3 Å². The molecule has 1 saturated heterocycles. The van der Waals surface area contributed by atoms with E-state index in [2.05, 4.69) is 93.2 Å². The van der Waals surface area contributed by atoms with Gasteiger partial charge in [-0.1, -0.05) is 42.5 Å². The Bertz CT molecular complexity index is 1250. The minimum absolute atomic E-state index is 0.777. The van der Waals surface area contributed by atoms with Gasteiger partial charge in [0.05, 0.1) is 23.3 Å². The molecule has 1 N–H and O–H groups in total. The molecule has 2 aromatic carbocycles. The summed E-state index contributed by atoms with van der Waals surface area (Å²) in [5.41, 5.74) is 7.80. The quantitative estimate of drug-likeness (QED) is 0.404. The summed E-state index contributed by atoms with van der Waals surface area (Å²) in [4.78, 5) is 14.2. The second kappa shape index (κ2) is 12.3. The van der Waals surface area contributed by atoms with Crippen molar-refractivity contribution in [3.05, 3.63) is 89.5 Å². The smallest absolute Gasteiger partial charge is 0.123 e. The topological polar surface area (TPSA) is 49.2 Å². The fourth-order valence-corrected chi connectivity index (χ4v) is 5.44. The summed E-state index contributed by atoms with van der Waals surface area (Å²) in [5, 5.41) is 3.55. The third-order valence-electron chi connectivity index (χ3n) is 7.53. The third-order valence-corrected chi connectivity index (χ3v) is 7.53. The molecular weight excluding hydrogens is 456 g/mol. The maximum absolute atomic E-state index is 4.95. The molecule has 0 saturated carbocycles. The fraction of sp³-hybridized carbons (Fsp3) is 0.419. The number of para-hydroxylation sites is 1. The summed E-state index contributed by atoms with van der Waals surface area (Å²) in [6.07, 6.45) is 6.99. The molecule has 0 radical (unpaired) electrons. The fourth-order valence-electron chi connectivity index (χ4n) is 5.44. The maximum atomic E-state index is 4.95. The molecule has 2 aromatic heterocycles. The van der Waals surface area contributed by atoms with Gasteiger partial charge >= 0.3 is 0 Å². The van der Waals surface area contributed by atoms with Gasteiger partial charge in [0.25, 0.3) is 0 Å². The highest BCUT2D eigenvalue weighted by molar-refractivity contribution is 5.89. The lowest BCUT2D eigenvalue weighted by molar-refractivity contribution is 0.313. The largest absolute Gasteiger partial charge is 0.367 e. The van der Waals surface area contributed by atoms with E-state index in [9.17, 15) is 0 Å². The molecule has 4 aromatic rings. The summed E-state index contributed by atoms with van der Waals surface area (Å²) in [6.45, 7) is 9.16. The van der Waals surface area contributed by atoms with Gasteiger partial charge in [0.2, 0.25) is 0 Å². The zero-order chi connectivity index (χ0) is 25.5. The molecule has 6 rings (SSSR count). The van der Waals surface area contributed by atoms with Crippen molar-refractivity contribution in [1.82, 2.24) is 24.8 Å². The number of nitrogens with one attached hydrogen (secondary N) is 1. The first-order valence-electron chi connectivity index (χ1n) is 13.8. The van der Waals surface area contributed by atoms with Crippen LogP contribution in [0.3, 0.4) is 0 Å². The number of benzene rings is 2. The van der Waals surface area contributed by atoms with E-state index in [1.54, 1.807) is 0 Å². The number of rotatable bonds is 6. The number of fused-ring (bicyclic) bond motifs is 2. The van der Waals surface area contributed by atoms with Crippen molar-refractivity contribution in [2.75, 3.05) is 38.1 Å². The first-order valence-corrected chi connectivity index (χ1v) is 13.8. The van der Waals surface area contributed by atoms with Gasteiger partial charge in [-0.15, -0.1) is 0 Å². The van der Waals surface area contributed by atoms with Crippen LogP contribution in [-0.2, 0) is 32.5 Å². The highest BCUT2D eigenvalue weighted by Gasteiger charge is 2.20. The highest BCUT2D eigenvalue weighted by atomic mass is 15.3. The van der Waals surface area contributed by atoms with Gasteiger partial charge in [0.1, 0.15) is 5.82 Å². The Morgan fingerprint density at radius 2 is 1.65 bits per heavy atom. The highest BCUT2D eigenvalue weighted by Crippen LogP contribution is 2.29. The van der Waals surface area contributed by atoms with Crippen LogP contribution in [0.15, 0.2) is 66.9 Å². The number of aryl methyl sites for hydroxylation is 3. The van der Waals surface area contributed by atoms with Crippen LogP contribution in [0, 0.1) is 0 Å². The number of anilines is 1. The van der Waals surface area contributed by atoms with E-state index in [4.69, 9.17) is 4.98 Å². The third kappa shape index (κ3) is 6.20. The normalized spacial score (nSPS) is 15.8. The van der Waals surface area contributed by atoms with Crippen LogP contribution in [-0.4, -0.2) is 52.7 Å². The average molecular weight is 497 g/mol. The molecule has 6 heteroatoms. The Balaban J connectivity index is 0.000000233. The van der Waals surface area contributed by atoms with E-state index >= 15 is 0 Å². The standard InChI is InChI=1S/C22H29N5.C9H11N/c1-3-27-21(17-23-16-18-8-5-4-6-9-18)24-19-10-7-11-20(22(19)27)26-14-12-25(2)13-15-26;1-2-6-9-8(4-1)5-3-7-10-9/h4-11,23H,3,12-17H2,1-2H3;3,5,7H,1-2,4,6H2. The number of nitrogens with zero attached hydrogens (tertiary/aromatic N) is 5. The van der Waals surface area contributed by atoms with Crippen molar-refractivity contribution >= 4 is 16.7 Å². The summed E-state index contributed by atoms with van der Waals surface area (Å²) in [5.74, 6) is 1.12. The van der Waals surface area contributed by atoms with Crippen molar-refractivity contribution in [3.8, 4) is 0 Å². The molecule has 1 aliphatic carbocycles. The Hall–Kier alpha value is -3.22. The molecule has 2 aliphatic rings. The zero-order valence-electron chi connectivity index (χ0n) is 22.4. The van der Waals surface area contributed by atoms with Gasteiger partial charge in [-0.3, -0.25) is 4.98 Å². The molecule has 0 bridgehead atoms. The molecule has 0 spiro atoms. The molecule has 0 atom stereocenters. The second-order valence-corrected chi connectivity index (χ2v) is 10.1. The Morgan fingerprint density at radius 1 is 0.838 bits per heavy atom. The Morgan fingerprint density at radius 3 is 2.43 bits per heavy atom. The molecule has 37 heavy (non-hydrogen) atoms. The van der Waals surface area contributed by atoms with E-state index in [1.165, 1.54) is 53.7 Å². The van der Waals surface area contributed by atoms with Crippen molar-refractivity contribution in [1.29, 1.82) is 0 Å². The van der Waals surface area contributed by atoms with Crippen molar-refractivity contribution in [2.24, 2.45) is 0 Å². The van der Waals surface area contributed by atoms with Crippen LogP contribution in [0.4, 0.5) is 5.69 Å². The van der Waals surface area contributed by atoms with E-state index in [0.29, 0.717) is 0 Å². The molecule has 1 fully saturated rings. The minimum Gasteiger partial charge on any atom is -0.367 e. The van der Waals surface area contributed by atoms with E-state index in [-0.39, 0.29) is 0 Å². The lowest BCUT2D eigenvalue weighted by Gasteiger charge is -2.34. The summed E-state index contributed by atoms with van der Waals surface area (Å²) in [7, 11) is 2.20. The first-order chi connectivity index (χ1) is 18.2. The van der Waals surface area contributed by atoms with Crippen LogP contribution in [0.5, 0.6) is 0 Å². The SMILES string of the molecule is CCn1c(CNCc2ccccc2)nc2cccc(N3CCN(C)CC3)c21.c1cnc2c(c1)CCCC2. The first kappa shape index (κ1) is 25.4. The minimum atomic E-state index is 0.777. The molecule has 6 nitrogen and oxygen atoms in total. The van der Waals surface area contributed by atoms with E-state index < -0.39 is 0 Å². The molecule has 0 unspecified atom stereocenters. The van der Waals surface area contributed by atoms with Crippen LogP contribution in [0.2, 0.25) is 0 Å². The monoisotopic (exact) mass is 496 g/mol. The van der Waals surface area contributed by atoms with Gasteiger partial charge in [-0.25, -0.2) is 4.98 Å². The average Bonchev–Trinajstić information content (AvgIpc) is 3.32. The lowest BCUT2D eigenvalue weighted by atomic mass is 9.96. The summed E-state index contributed by atoms with van der Waals surface area (Å²) in [6, 6.07) is 21.3. The number of likely N-dealkylation sites (N-methyl/N-ethyl adjacent to an activating group) is 1. The second-order valence-electron chi connectivity index (χ2n) is 10.1. The number of hydrogen-bond donors (Lipinski definition) is 1. The predicted octanol–water partition coefficient (Wildman–Crippen LogP) is 5.06. The number of piperazine rings is 1. The summed E-state index contributed by atoms with van der Waals surface area (Å²) < 4.78 is 2.38. The van der Waals surface area contributed by atoms with E-state index in [0.717, 1.165) is 57.2 Å². The zero-order valence-corrected chi connectivity index (χ0v) is 22.4. The molecule has 0 amide bonds. The molecule has 194 valence electrons. The Labute approximate surface area is 221 Å². The van der Waals surface area contributed by atoms with Gasteiger partial charge < -0.3 is 19.7 Å². The number of aromatic nitrogens is 3. The van der Waals surface area contributed by atoms with Gasteiger partial charge in [-0.2, -0.15) is 0 Å². The number of imidazole rings is 1. The van der Waals surface area contributed by atoms with Crippen molar-refractivity contribution in [2.45, 2.75) is 52.2 Å². The summed E-state index contributed by atoms with van der Waals surface area (Å²) >= 11 is 0. The predicted molar refractivity (Wildman–Crippen MR) is 153 cm³/mol. The number of pyridine rings is 1. The molecule has 1 aliphatic heterocycles. The van der Waals surface area contributed by atoms with Crippen LogP contribution >= 0.6 is 0 Å². The van der Waals surface area contributed by atoms with Gasteiger partial charge in [0.15, 0.2) is 0 Å². The van der Waals surface area contributed by atoms with Crippen LogP contribution in [0.25, 0.3) is 11.0 Å². The molecule has 3 heterocycles. The van der Waals surface area contributed by atoms with Crippen molar-refractivity contribution < 1.29 is 0 Å².